The summed E-state index contributed by atoms with van der Waals surface area (Å²) >= 11 is 0. The van der Waals surface area contributed by atoms with E-state index in [4.69, 9.17) is 0 Å². The monoisotopic (exact) mass is 178 g/mol. The number of aromatic nitrogens is 3. The molecular formula is C8H10N4O. The van der Waals surface area contributed by atoms with Gasteiger partial charge in [0.15, 0.2) is 0 Å². The number of rotatable bonds is 2. The number of hydrogen-bond donors (Lipinski definition) is 1. The molecule has 0 radical (unpaired) electrons. The van der Waals surface area contributed by atoms with Gasteiger partial charge in [0, 0.05) is 7.05 Å². The van der Waals surface area contributed by atoms with Gasteiger partial charge >= 0.3 is 0 Å². The van der Waals surface area contributed by atoms with Crippen molar-refractivity contribution in [1.29, 1.82) is 0 Å². The predicted molar refractivity (Wildman–Crippen MR) is 46.8 cm³/mol. The molecule has 1 aromatic rings. The third kappa shape index (κ3) is 2.60. The van der Waals surface area contributed by atoms with Crippen molar-refractivity contribution >= 4 is 5.91 Å². The molecule has 0 saturated carbocycles. The summed E-state index contributed by atoms with van der Waals surface area (Å²) in [6.07, 6.45) is 1.47. The van der Waals surface area contributed by atoms with Crippen molar-refractivity contribution in [3.8, 4) is 11.8 Å². The van der Waals surface area contributed by atoms with E-state index in [0.29, 0.717) is 6.54 Å². The molecule has 0 spiro atoms. The Morgan fingerprint density at radius 3 is 3.08 bits per heavy atom. The molecule has 1 amide bonds. The summed E-state index contributed by atoms with van der Waals surface area (Å²) < 4.78 is 1.47. The minimum absolute atomic E-state index is 0.167. The molecule has 0 atom stereocenters. The molecule has 0 aliphatic carbocycles. The summed E-state index contributed by atoms with van der Waals surface area (Å²) in [7, 11) is 1.70. The van der Waals surface area contributed by atoms with E-state index < -0.39 is 0 Å². The lowest BCUT2D eigenvalue weighted by molar-refractivity contribution is 0.0948. The van der Waals surface area contributed by atoms with E-state index in [2.05, 4.69) is 27.2 Å². The van der Waals surface area contributed by atoms with Crippen LogP contribution in [0.3, 0.4) is 0 Å². The van der Waals surface area contributed by atoms with Gasteiger partial charge in [-0.25, -0.2) is 4.98 Å². The molecular weight excluding hydrogens is 168 g/mol. The van der Waals surface area contributed by atoms with Crippen LogP contribution >= 0.6 is 0 Å². The summed E-state index contributed by atoms with van der Waals surface area (Å²) in [6, 6.07) is 0. The average molecular weight is 178 g/mol. The van der Waals surface area contributed by atoms with E-state index >= 15 is 0 Å². The van der Waals surface area contributed by atoms with Crippen LogP contribution in [0, 0.1) is 11.8 Å². The molecule has 0 saturated heterocycles. The first-order chi connectivity index (χ1) is 6.24. The van der Waals surface area contributed by atoms with E-state index in [9.17, 15) is 4.79 Å². The Labute approximate surface area is 76.2 Å². The van der Waals surface area contributed by atoms with Gasteiger partial charge < -0.3 is 5.32 Å². The second kappa shape index (κ2) is 4.26. The van der Waals surface area contributed by atoms with Crippen molar-refractivity contribution in [2.75, 3.05) is 6.54 Å². The van der Waals surface area contributed by atoms with Gasteiger partial charge in [-0.05, 0) is 6.92 Å². The topological polar surface area (TPSA) is 59.8 Å². The van der Waals surface area contributed by atoms with Crippen molar-refractivity contribution in [3.63, 3.8) is 0 Å². The summed E-state index contributed by atoms with van der Waals surface area (Å²) in [6.45, 7) is 2.04. The zero-order valence-corrected chi connectivity index (χ0v) is 7.53. The van der Waals surface area contributed by atoms with Crippen LogP contribution in [-0.2, 0) is 7.05 Å². The van der Waals surface area contributed by atoms with E-state index in [1.807, 2.05) is 0 Å². The molecule has 13 heavy (non-hydrogen) atoms. The van der Waals surface area contributed by atoms with Gasteiger partial charge in [-0.3, -0.25) is 9.48 Å². The Balaban J connectivity index is 2.52. The van der Waals surface area contributed by atoms with E-state index in [1.54, 1.807) is 14.0 Å². The normalized spacial score (nSPS) is 8.77. The minimum Gasteiger partial charge on any atom is -0.338 e. The van der Waals surface area contributed by atoms with Gasteiger partial charge in [0.05, 0.1) is 6.54 Å². The maximum atomic E-state index is 11.2. The molecule has 1 rings (SSSR count). The fourth-order valence-electron chi connectivity index (χ4n) is 0.735. The lowest BCUT2D eigenvalue weighted by Gasteiger charge is -1.94. The Hall–Kier alpha value is -1.83. The third-order valence-electron chi connectivity index (χ3n) is 1.32. The molecule has 0 aliphatic rings. The van der Waals surface area contributed by atoms with Crippen molar-refractivity contribution < 1.29 is 4.79 Å². The van der Waals surface area contributed by atoms with Crippen LogP contribution in [0.2, 0.25) is 0 Å². The Morgan fingerprint density at radius 1 is 1.77 bits per heavy atom. The molecule has 5 heteroatoms. The smallest absolute Gasteiger partial charge is 0.291 e. The van der Waals surface area contributed by atoms with Gasteiger partial charge in [0.25, 0.3) is 5.91 Å². The number of nitrogens with one attached hydrogen (secondary N) is 1. The van der Waals surface area contributed by atoms with Crippen molar-refractivity contribution in [1.82, 2.24) is 20.1 Å². The molecule has 1 aromatic heterocycles. The Morgan fingerprint density at radius 2 is 2.54 bits per heavy atom. The van der Waals surface area contributed by atoms with Gasteiger partial charge in [-0.1, -0.05) is 5.92 Å². The highest BCUT2D eigenvalue weighted by atomic mass is 16.2. The maximum absolute atomic E-state index is 11.2. The third-order valence-corrected chi connectivity index (χ3v) is 1.32. The molecule has 0 fully saturated rings. The minimum atomic E-state index is -0.302. The average Bonchev–Trinajstić information content (AvgIpc) is 2.52. The quantitative estimate of drug-likeness (QED) is 0.625. The summed E-state index contributed by atoms with van der Waals surface area (Å²) in [5, 5.41) is 6.40. The van der Waals surface area contributed by atoms with Crippen LogP contribution in [0.4, 0.5) is 0 Å². The fraction of sp³-hybridized carbons (Fsp3) is 0.375. The molecule has 0 unspecified atom stereocenters. The first-order valence-electron chi connectivity index (χ1n) is 3.77. The molecule has 0 aliphatic heterocycles. The lowest BCUT2D eigenvalue weighted by atomic mass is 10.5. The molecule has 0 aromatic carbocycles. The predicted octanol–water partition coefficient (Wildman–Crippen LogP) is -0.432. The van der Waals surface area contributed by atoms with Gasteiger partial charge in [-0.2, -0.15) is 0 Å². The van der Waals surface area contributed by atoms with Crippen molar-refractivity contribution in [2.45, 2.75) is 6.92 Å². The van der Waals surface area contributed by atoms with Gasteiger partial charge in [-0.15, -0.1) is 11.0 Å². The number of nitrogens with zero attached hydrogens (tertiary/aromatic N) is 3. The highest BCUT2D eigenvalue weighted by Gasteiger charge is 2.08. The number of carbonyl (C=O) groups excluding carboxylic acids is 1. The second-order valence-corrected chi connectivity index (χ2v) is 2.35. The number of hydrogen-bond acceptors (Lipinski definition) is 3. The zero-order chi connectivity index (χ0) is 9.68. The standard InChI is InChI=1S/C8H10N4O/c1-3-4-5-9-8(13)7-10-6-12(2)11-7/h6H,5H2,1-2H3,(H,9,13). The number of aryl methyl sites for hydroxylation is 1. The summed E-state index contributed by atoms with van der Waals surface area (Å²) in [4.78, 5) is 15.0. The summed E-state index contributed by atoms with van der Waals surface area (Å²) in [5.41, 5.74) is 0. The second-order valence-electron chi connectivity index (χ2n) is 2.35. The SMILES string of the molecule is CC#CCNC(=O)c1ncn(C)n1. The Bertz CT molecular complexity index is 358. The molecule has 68 valence electrons. The zero-order valence-electron chi connectivity index (χ0n) is 7.53. The first kappa shape index (κ1) is 9.26. The first-order valence-corrected chi connectivity index (χ1v) is 3.77. The van der Waals surface area contributed by atoms with Crippen LogP contribution < -0.4 is 5.32 Å². The maximum Gasteiger partial charge on any atom is 0.291 e. The highest BCUT2D eigenvalue weighted by Crippen LogP contribution is 1.86. The van der Waals surface area contributed by atoms with Crippen LogP contribution in [0.1, 0.15) is 17.5 Å². The van der Waals surface area contributed by atoms with Gasteiger partial charge in [0.2, 0.25) is 5.82 Å². The van der Waals surface area contributed by atoms with E-state index in [-0.39, 0.29) is 11.7 Å². The Kier molecular flexibility index (Phi) is 3.03. The molecule has 1 heterocycles. The number of amides is 1. The van der Waals surface area contributed by atoms with E-state index in [0.717, 1.165) is 0 Å². The van der Waals surface area contributed by atoms with Crippen molar-refractivity contribution in [2.24, 2.45) is 7.05 Å². The largest absolute Gasteiger partial charge is 0.338 e. The van der Waals surface area contributed by atoms with Crippen LogP contribution in [0.25, 0.3) is 0 Å². The van der Waals surface area contributed by atoms with Crippen LogP contribution in [-0.4, -0.2) is 27.2 Å². The van der Waals surface area contributed by atoms with Gasteiger partial charge in [0.1, 0.15) is 6.33 Å². The fourth-order valence-corrected chi connectivity index (χ4v) is 0.735. The molecule has 0 bridgehead atoms. The molecule has 5 nitrogen and oxygen atoms in total. The summed E-state index contributed by atoms with van der Waals surface area (Å²) in [5.74, 6) is 5.24. The highest BCUT2D eigenvalue weighted by molar-refractivity contribution is 5.90. The number of carbonyl (C=O) groups is 1. The van der Waals surface area contributed by atoms with E-state index in [1.165, 1.54) is 11.0 Å². The lowest BCUT2D eigenvalue weighted by Crippen LogP contribution is -2.24. The van der Waals surface area contributed by atoms with Crippen LogP contribution in [0.5, 0.6) is 0 Å². The molecule has 1 N–H and O–H groups in total. The van der Waals surface area contributed by atoms with Crippen molar-refractivity contribution in [3.05, 3.63) is 12.2 Å². The van der Waals surface area contributed by atoms with Crippen LogP contribution in [0.15, 0.2) is 6.33 Å².